The lowest BCUT2D eigenvalue weighted by molar-refractivity contribution is -0.131. The Kier molecular flexibility index (Phi) is 3.41. The number of carbonyl (C=O) groups is 1. The summed E-state index contributed by atoms with van der Waals surface area (Å²) in [6, 6.07) is 1.45. The van der Waals surface area contributed by atoms with Crippen molar-refractivity contribution >= 4 is 23.4 Å². The van der Waals surface area contributed by atoms with E-state index in [1.807, 2.05) is 0 Å². The number of hydrogen-bond acceptors (Lipinski definition) is 4. The van der Waals surface area contributed by atoms with E-state index in [-0.39, 0.29) is 23.0 Å². The van der Waals surface area contributed by atoms with Crippen molar-refractivity contribution in [3.63, 3.8) is 0 Å². The Morgan fingerprint density at radius 3 is 3.00 bits per heavy atom. The molecule has 1 aromatic heterocycles. The molecule has 1 heterocycles. The van der Waals surface area contributed by atoms with E-state index in [9.17, 15) is 4.79 Å². The summed E-state index contributed by atoms with van der Waals surface area (Å²) >= 11 is 5.26. The van der Waals surface area contributed by atoms with Gasteiger partial charge in [-0.25, -0.2) is 0 Å². The quantitative estimate of drug-likeness (QED) is 0.331. The molecule has 0 saturated heterocycles. The minimum Gasteiger partial charge on any atom is -0.425 e. The van der Waals surface area contributed by atoms with Gasteiger partial charge in [0.1, 0.15) is 17.5 Å². The van der Waals surface area contributed by atoms with Gasteiger partial charge in [-0.1, -0.05) is 0 Å². The first-order valence-corrected chi connectivity index (χ1v) is 4.23. The molecule has 0 aliphatic rings. The Labute approximate surface area is 85.3 Å². The Morgan fingerprint density at radius 2 is 2.43 bits per heavy atom. The molecule has 0 aliphatic heterocycles. The Balaban J connectivity index is 2.95. The van der Waals surface area contributed by atoms with Crippen molar-refractivity contribution in [3.8, 4) is 5.75 Å². The minimum atomic E-state index is -0.597. The molecule has 0 bridgehead atoms. The van der Waals surface area contributed by atoms with E-state index in [2.05, 4.69) is 4.98 Å². The number of pyridine rings is 1. The molecule has 0 amide bonds. The number of ether oxygens (including phenoxy) is 1. The molecule has 3 N–H and O–H groups in total. The SMILES string of the molecule is N=C(N)c1cnccc1OC(=O)CCl. The third-order valence-corrected chi connectivity index (χ3v) is 1.62. The van der Waals surface area contributed by atoms with Gasteiger partial charge in [0, 0.05) is 18.5 Å². The number of nitrogens with two attached hydrogens (primary N) is 1. The third kappa shape index (κ3) is 2.43. The molecule has 1 aromatic rings. The third-order valence-electron chi connectivity index (χ3n) is 1.40. The van der Waals surface area contributed by atoms with Crippen LogP contribution in [-0.4, -0.2) is 22.7 Å². The van der Waals surface area contributed by atoms with E-state index >= 15 is 0 Å². The number of alkyl halides is 1. The number of amidine groups is 1. The molecule has 5 nitrogen and oxygen atoms in total. The van der Waals surface area contributed by atoms with Crippen LogP contribution >= 0.6 is 11.6 Å². The standard InChI is InChI=1S/C8H8ClN3O2/c9-3-7(13)14-6-1-2-12-4-5(6)8(10)11/h1-2,4H,3H2,(H3,10,11). The van der Waals surface area contributed by atoms with Gasteiger partial charge >= 0.3 is 5.97 Å². The first-order chi connectivity index (χ1) is 6.65. The van der Waals surface area contributed by atoms with Crippen LogP contribution in [0, 0.1) is 5.41 Å². The molecule has 0 fully saturated rings. The average molecular weight is 214 g/mol. The Morgan fingerprint density at radius 1 is 1.71 bits per heavy atom. The predicted octanol–water partition coefficient (Wildman–Crippen LogP) is 0.510. The van der Waals surface area contributed by atoms with Crippen molar-refractivity contribution < 1.29 is 9.53 Å². The van der Waals surface area contributed by atoms with E-state index in [4.69, 9.17) is 27.5 Å². The van der Waals surface area contributed by atoms with E-state index in [0.717, 1.165) is 0 Å². The fourth-order valence-corrected chi connectivity index (χ4v) is 0.877. The molecule has 0 unspecified atom stereocenters. The highest BCUT2D eigenvalue weighted by molar-refractivity contribution is 6.26. The van der Waals surface area contributed by atoms with Crippen molar-refractivity contribution in [1.29, 1.82) is 5.41 Å². The van der Waals surface area contributed by atoms with Crippen LogP contribution in [0.25, 0.3) is 0 Å². The fourth-order valence-electron chi connectivity index (χ4n) is 0.823. The second-order valence-corrected chi connectivity index (χ2v) is 2.66. The van der Waals surface area contributed by atoms with Crippen LogP contribution in [0.4, 0.5) is 0 Å². The molecule has 14 heavy (non-hydrogen) atoms. The van der Waals surface area contributed by atoms with Crippen molar-refractivity contribution in [2.75, 3.05) is 5.88 Å². The Hall–Kier alpha value is -1.62. The summed E-state index contributed by atoms with van der Waals surface area (Å²) in [5, 5.41) is 7.19. The summed E-state index contributed by atoms with van der Waals surface area (Å²) in [6.07, 6.45) is 2.78. The summed E-state index contributed by atoms with van der Waals surface area (Å²) in [5.41, 5.74) is 5.52. The molecular formula is C8H8ClN3O2. The first kappa shape index (κ1) is 10.5. The molecule has 0 spiro atoms. The van der Waals surface area contributed by atoms with Gasteiger partial charge in [0.2, 0.25) is 0 Å². The van der Waals surface area contributed by atoms with Crippen molar-refractivity contribution in [3.05, 3.63) is 24.0 Å². The first-order valence-electron chi connectivity index (χ1n) is 3.70. The maximum atomic E-state index is 10.9. The van der Waals surface area contributed by atoms with Crippen LogP contribution in [0.2, 0.25) is 0 Å². The second kappa shape index (κ2) is 4.57. The maximum absolute atomic E-state index is 10.9. The van der Waals surface area contributed by atoms with Crippen molar-refractivity contribution in [1.82, 2.24) is 4.98 Å². The lowest BCUT2D eigenvalue weighted by atomic mass is 10.2. The monoisotopic (exact) mass is 213 g/mol. The zero-order valence-corrected chi connectivity index (χ0v) is 7.91. The lowest BCUT2D eigenvalue weighted by Gasteiger charge is -2.06. The highest BCUT2D eigenvalue weighted by Crippen LogP contribution is 2.15. The zero-order chi connectivity index (χ0) is 10.6. The van der Waals surface area contributed by atoms with Gasteiger partial charge in [0.25, 0.3) is 0 Å². The van der Waals surface area contributed by atoms with Crippen LogP contribution in [0.15, 0.2) is 18.5 Å². The Bertz CT molecular complexity index is 367. The van der Waals surface area contributed by atoms with Gasteiger partial charge < -0.3 is 10.5 Å². The number of hydrogen-bond donors (Lipinski definition) is 2. The highest BCUT2D eigenvalue weighted by atomic mass is 35.5. The molecule has 0 aliphatic carbocycles. The summed E-state index contributed by atoms with van der Waals surface area (Å²) in [7, 11) is 0. The number of nitrogens with zero attached hydrogens (tertiary/aromatic N) is 1. The number of aromatic nitrogens is 1. The summed E-state index contributed by atoms with van der Waals surface area (Å²) in [5.74, 6) is -0.867. The van der Waals surface area contributed by atoms with E-state index < -0.39 is 5.97 Å². The molecule has 0 atom stereocenters. The maximum Gasteiger partial charge on any atom is 0.326 e. The van der Waals surface area contributed by atoms with Gasteiger partial charge in [-0.3, -0.25) is 15.2 Å². The van der Waals surface area contributed by atoms with Crippen LogP contribution in [0.1, 0.15) is 5.56 Å². The molecule has 0 saturated carbocycles. The molecule has 0 aromatic carbocycles. The molecule has 1 rings (SSSR count). The largest absolute Gasteiger partial charge is 0.425 e. The highest BCUT2D eigenvalue weighted by Gasteiger charge is 2.09. The van der Waals surface area contributed by atoms with Crippen LogP contribution < -0.4 is 10.5 Å². The van der Waals surface area contributed by atoms with Gasteiger partial charge in [-0.2, -0.15) is 0 Å². The number of nitrogen functional groups attached to an aromatic ring is 1. The average Bonchev–Trinajstić information content (AvgIpc) is 2.18. The van der Waals surface area contributed by atoms with Gasteiger partial charge in [0.15, 0.2) is 0 Å². The summed E-state index contributed by atoms with van der Waals surface area (Å²) in [4.78, 5) is 14.6. The van der Waals surface area contributed by atoms with E-state index in [1.54, 1.807) is 0 Å². The van der Waals surface area contributed by atoms with Crippen molar-refractivity contribution in [2.24, 2.45) is 5.73 Å². The number of nitrogens with one attached hydrogen (secondary N) is 1. The van der Waals surface area contributed by atoms with E-state index in [1.165, 1.54) is 18.5 Å². The van der Waals surface area contributed by atoms with Crippen molar-refractivity contribution in [2.45, 2.75) is 0 Å². The summed E-state index contributed by atoms with van der Waals surface area (Å²) < 4.78 is 4.82. The van der Waals surface area contributed by atoms with Crippen LogP contribution in [0.3, 0.4) is 0 Å². The predicted molar refractivity (Wildman–Crippen MR) is 51.6 cm³/mol. The molecule has 74 valence electrons. The number of carbonyl (C=O) groups excluding carboxylic acids is 1. The number of halogens is 1. The number of rotatable bonds is 3. The molecule has 6 heteroatoms. The lowest BCUT2D eigenvalue weighted by Crippen LogP contribution is -2.16. The fraction of sp³-hybridized carbons (Fsp3) is 0.125. The normalized spacial score (nSPS) is 9.50. The van der Waals surface area contributed by atoms with Gasteiger partial charge in [0.05, 0.1) is 5.56 Å². The van der Waals surface area contributed by atoms with E-state index in [0.29, 0.717) is 0 Å². The summed E-state index contributed by atoms with van der Waals surface area (Å²) in [6.45, 7) is 0. The smallest absolute Gasteiger partial charge is 0.326 e. The second-order valence-electron chi connectivity index (χ2n) is 2.39. The van der Waals surface area contributed by atoms with Gasteiger partial charge in [-0.15, -0.1) is 11.6 Å². The minimum absolute atomic E-state index is 0.193. The van der Waals surface area contributed by atoms with Crippen LogP contribution in [-0.2, 0) is 4.79 Å². The zero-order valence-electron chi connectivity index (χ0n) is 7.16. The topological polar surface area (TPSA) is 89.1 Å². The number of esters is 1. The molecule has 0 radical (unpaired) electrons. The van der Waals surface area contributed by atoms with Crippen LogP contribution in [0.5, 0.6) is 5.75 Å². The van der Waals surface area contributed by atoms with Gasteiger partial charge in [-0.05, 0) is 0 Å². The molecular weight excluding hydrogens is 206 g/mol.